The van der Waals surface area contributed by atoms with Gasteiger partial charge in [0, 0.05) is 17.5 Å². The predicted octanol–water partition coefficient (Wildman–Crippen LogP) is 2.15. The first-order valence-electron chi connectivity index (χ1n) is 5.07. The molecule has 0 radical (unpaired) electrons. The Labute approximate surface area is 101 Å². The zero-order chi connectivity index (χ0) is 12.0. The lowest BCUT2D eigenvalue weighted by Gasteiger charge is -2.07. The molecule has 1 aromatic rings. The molecule has 0 bridgehead atoms. The van der Waals surface area contributed by atoms with E-state index in [0.29, 0.717) is 11.3 Å². The van der Waals surface area contributed by atoms with Crippen molar-refractivity contribution in [2.75, 3.05) is 12.9 Å². The number of nitrogens with two attached hydrogens (primary N) is 1. The summed E-state index contributed by atoms with van der Waals surface area (Å²) in [5.41, 5.74) is 7.38. The highest BCUT2D eigenvalue weighted by molar-refractivity contribution is 7.98. The minimum atomic E-state index is 0.207. The van der Waals surface area contributed by atoms with Crippen LogP contribution in [0.15, 0.2) is 18.2 Å². The van der Waals surface area contributed by atoms with Gasteiger partial charge in [0.25, 0.3) is 0 Å². The maximum Gasteiger partial charge on any atom is 0.136 e. The quantitative estimate of drug-likeness (QED) is 0.851. The highest BCUT2D eigenvalue weighted by Crippen LogP contribution is 2.21. The van der Waals surface area contributed by atoms with Gasteiger partial charge in [-0.1, -0.05) is 6.07 Å². The molecule has 0 heterocycles. The molecular formula is C12H16N2OS. The second-order valence-electron chi connectivity index (χ2n) is 3.64. The average molecular weight is 236 g/mol. The Morgan fingerprint density at radius 1 is 1.56 bits per heavy atom. The topological polar surface area (TPSA) is 59.0 Å². The zero-order valence-corrected chi connectivity index (χ0v) is 10.4. The van der Waals surface area contributed by atoms with Crippen LogP contribution in [0, 0.1) is 11.3 Å². The SMILES string of the molecule is COc1ccc(CSCC(C)N)cc1C#N. The second kappa shape index (κ2) is 6.41. The highest BCUT2D eigenvalue weighted by Gasteiger charge is 2.04. The Hall–Kier alpha value is -1.18. The van der Waals surface area contributed by atoms with E-state index in [-0.39, 0.29) is 6.04 Å². The fourth-order valence-corrected chi connectivity index (χ4v) is 2.20. The van der Waals surface area contributed by atoms with Gasteiger partial charge in [-0.25, -0.2) is 0 Å². The van der Waals surface area contributed by atoms with E-state index < -0.39 is 0 Å². The summed E-state index contributed by atoms with van der Waals surface area (Å²) in [6.45, 7) is 1.99. The van der Waals surface area contributed by atoms with E-state index in [1.54, 1.807) is 18.9 Å². The van der Waals surface area contributed by atoms with Crippen molar-refractivity contribution in [3.8, 4) is 11.8 Å². The van der Waals surface area contributed by atoms with Gasteiger partial charge in [0.2, 0.25) is 0 Å². The molecule has 0 amide bonds. The van der Waals surface area contributed by atoms with Crippen molar-refractivity contribution in [1.82, 2.24) is 0 Å². The van der Waals surface area contributed by atoms with Crippen LogP contribution in [-0.2, 0) is 5.75 Å². The first-order valence-corrected chi connectivity index (χ1v) is 6.23. The first-order chi connectivity index (χ1) is 7.67. The molecule has 0 aliphatic heterocycles. The van der Waals surface area contributed by atoms with Crippen molar-refractivity contribution in [1.29, 1.82) is 5.26 Å². The maximum atomic E-state index is 8.93. The minimum absolute atomic E-state index is 0.207. The molecule has 0 aliphatic carbocycles. The number of nitriles is 1. The number of hydrogen-bond donors (Lipinski definition) is 1. The third kappa shape index (κ3) is 3.76. The van der Waals surface area contributed by atoms with Crippen LogP contribution in [0.1, 0.15) is 18.1 Å². The molecule has 3 nitrogen and oxygen atoms in total. The Kier molecular flexibility index (Phi) is 5.17. The number of ether oxygens (including phenoxy) is 1. The molecular weight excluding hydrogens is 220 g/mol. The largest absolute Gasteiger partial charge is 0.495 e. The molecule has 16 heavy (non-hydrogen) atoms. The van der Waals surface area contributed by atoms with E-state index in [9.17, 15) is 0 Å². The van der Waals surface area contributed by atoms with Crippen LogP contribution in [0.3, 0.4) is 0 Å². The smallest absolute Gasteiger partial charge is 0.136 e. The van der Waals surface area contributed by atoms with Crippen LogP contribution in [0.2, 0.25) is 0 Å². The monoisotopic (exact) mass is 236 g/mol. The standard InChI is InChI=1S/C12H16N2OS/c1-9(14)7-16-8-10-3-4-12(15-2)11(5-10)6-13/h3-5,9H,7-8,14H2,1-2H3. The van der Waals surface area contributed by atoms with Crippen molar-refractivity contribution >= 4 is 11.8 Å². The molecule has 1 atom stereocenters. The number of methoxy groups -OCH3 is 1. The number of thioether (sulfide) groups is 1. The first kappa shape index (κ1) is 12.9. The van der Waals surface area contributed by atoms with Gasteiger partial charge in [-0.05, 0) is 24.6 Å². The van der Waals surface area contributed by atoms with Crippen LogP contribution < -0.4 is 10.5 Å². The highest BCUT2D eigenvalue weighted by atomic mass is 32.2. The summed E-state index contributed by atoms with van der Waals surface area (Å²) in [4.78, 5) is 0. The third-order valence-electron chi connectivity index (χ3n) is 2.03. The van der Waals surface area contributed by atoms with E-state index in [2.05, 4.69) is 6.07 Å². The molecule has 1 unspecified atom stereocenters. The van der Waals surface area contributed by atoms with E-state index in [4.69, 9.17) is 15.7 Å². The van der Waals surface area contributed by atoms with Crippen LogP contribution in [0.4, 0.5) is 0 Å². The van der Waals surface area contributed by atoms with Crippen molar-refractivity contribution < 1.29 is 4.74 Å². The van der Waals surface area contributed by atoms with Gasteiger partial charge in [-0.3, -0.25) is 0 Å². The van der Waals surface area contributed by atoms with Gasteiger partial charge >= 0.3 is 0 Å². The molecule has 4 heteroatoms. The van der Waals surface area contributed by atoms with Crippen LogP contribution in [0.5, 0.6) is 5.75 Å². The van der Waals surface area contributed by atoms with Gasteiger partial charge in [0.05, 0.1) is 12.7 Å². The number of benzene rings is 1. The third-order valence-corrected chi connectivity index (χ3v) is 3.33. The maximum absolute atomic E-state index is 8.93. The van der Waals surface area contributed by atoms with Gasteiger partial charge in [-0.2, -0.15) is 17.0 Å². The van der Waals surface area contributed by atoms with Crippen molar-refractivity contribution in [3.63, 3.8) is 0 Å². The van der Waals surface area contributed by atoms with E-state index >= 15 is 0 Å². The molecule has 1 rings (SSSR count). The molecule has 0 saturated heterocycles. The van der Waals surface area contributed by atoms with Gasteiger partial charge in [0.1, 0.15) is 11.8 Å². The van der Waals surface area contributed by atoms with Gasteiger partial charge < -0.3 is 10.5 Å². The average Bonchev–Trinajstić information content (AvgIpc) is 2.28. The van der Waals surface area contributed by atoms with E-state index in [1.165, 1.54) is 0 Å². The zero-order valence-electron chi connectivity index (χ0n) is 9.56. The Morgan fingerprint density at radius 3 is 2.88 bits per heavy atom. The number of rotatable bonds is 5. The summed E-state index contributed by atoms with van der Waals surface area (Å²) in [6, 6.07) is 8.02. The second-order valence-corrected chi connectivity index (χ2v) is 4.67. The Bertz CT molecular complexity index is 385. The molecule has 0 fully saturated rings. The van der Waals surface area contributed by atoms with Gasteiger partial charge in [0.15, 0.2) is 0 Å². The molecule has 0 aromatic heterocycles. The Morgan fingerprint density at radius 2 is 2.31 bits per heavy atom. The van der Waals surface area contributed by atoms with Crippen molar-refractivity contribution in [2.45, 2.75) is 18.7 Å². The summed E-state index contributed by atoms with van der Waals surface area (Å²) < 4.78 is 5.08. The lowest BCUT2D eigenvalue weighted by atomic mass is 10.1. The summed E-state index contributed by atoms with van der Waals surface area (Å²) in [5, 5.41) is 8.93. The molecule has 1 aromatic carbocycles. The van der Waals surface area contributed by atoms with Crippen LogP contribution in [-0.4, -0.2) is 18.9 Å². The summed E-state index contributed by atoms with van der Waals surface area (Å²) in [5.74, 6) is 2.43. The van der Waals surface area contributed by atoms with Crippen LogP contribution >= 0.6 is 11.8 Å². The fraction of sp³-hybridized carbons (Fsp3) is 0.417. The van der Waals surface area contributed by atoms with Crippen molar-refractivity contribution in [2.24, 2.45) is 5.73 Å². The van der Waals surface area contributed by atoms with Crippen molar-refractivity contribution in [3.05, 3.63) is 29.3 Å². The lowest BCUT2D eigenvalue weighted by molar-refractivity contribution is 0.413. The predicted molar refractivity (Wildman–Crippen MR) is 67.5 cm³/mol. The molecule has 86 valence electrons. The summed E-state index contributed by atoms with van der Waals surface area (Å²) >= 11 is 1.77. The summed E-state index contributed by atoms with van der Waals surface area (Å²) in [7, 11) is 1.57. The normalized spacial score (nSPS) is 11.9. The fourth-order valence-electron chi connectivity index (χ4n) is 1.29. The molecule has 0 spiro atoms. The van der Waals surface area contributed by atoms with E-state index in [1.807, 2.05) is 25.1 Å². The Balaban J connectivity index is 2.65. The number of hydrogen-bond acceptors (Lipinski definition) is 4. The molecule has 0 saturated carbocycles. The minimum Gasteiger partial charge on any atom is -0.495 e. The summed E-state index contributed by atoms with van der Waals surface area (Å²) in [6.07, 6.45) is 0. The van der Waals surface area contributed by atoms with E-state index in [0.717, 1.165) is 17.1 Å². The lowest BCUT2D eigenvalue weighted by Crippen LogP contribution is -2.17. The van der Waals surface area contributed by atoms with Crippen LogP contribution in [0.25, 0.3) is 0 Å². The number of nitrogens with zero attached hydrogens (tertiary/aromatic N) is 1. The molecule has 2 N–H and O–H groups in total. The van der Waals surface area contributed by atoms with Gasteiger partial charge in [-0.15, -0.1) is 0 Å². The molecule has 0 aliphatic rings.